The third-order valence-electron chi connectivity index (χ3n) is 2.69. The zero-order chi connectivity index (χ0) is 17.4. The molecule has 0 fully saturated rings. The van der Waals surface area contributed by atoms with E-state index in [9.17, 15) is 29.4 Å². The second kappa shape index (κ2) is 8.85. The maximum atomic E-state index is 12.0. The number of amides is 3. The van der Waals surface area contributed by atoms with E-state index < -0.39 is 35.8 Å². The maximum absolute atomic E-state index is 12.0. The second-order valence-electron chi connectivity index (χ2n) is 4.42. The second-order valence-corrected chi connectivity index (χ2v) is 4.42. The van der Waals surface area contributed by atoms with Crippen LogP contribution in [0.1, 0.15) is 13.8 Å². The van der Waals surface area contributed by atoms with Gasteiger partial charge < -0.3 is 15.1 Å². The highest BCUT2D eigenvalue weighted by atomic mass is 16.4. The lowest BCUT2D eigenvalue weighted by Crippen LogP contribution is -2.54. The molecule has 122 valence electrons. The highest BCUT2D eigenvalue weighted by molar-refractivity contribution is 6.38. The molecule has 0 aliphatic carbocycles. The minimum absolute atomic E-state index is 0.0303. The van der Waals surface area contributed by atoms with Gasteiger partial charge in [0, 0.05) is 26.9 Å². The Bertz CT molecular complexity index is 464. The summed E-state index contributed by atoms with van der Waals surface area (Å²) >= 11 is 0. The Morgan fingerprint density at radius 1 is 1.00 bits per heavy atom. The summed E-state index contributed by atoms with van der Waals surface area (Å²) < 4.78 is 0. The third-order valence-corrected chi connectivity index (χ3v) is 2.69. The Balaban J connectivity index is 5.21. The van der Waals surface area contributed by atoms with Gasteiger partial charge in [-0.15, -0.1) is 13.2 Å². The number of hydrogen-bond acceptors (Lipinski definition) is 6. The molecule has 8 nitrogen and oxygen atoms in total. The van der Waals surface area contributed by atoms with E-state index in [4.69, 9.17) is 0 Å². The van der Waals surface area contributed by atoms with E-state index in [0.29, 0.717) is 4.90 Å². The van der Waals surface area contributed by atoms with Crippen LogP contribution in [-0.2, 0) is 19.2 Å². The summed E-state index contributed by atoms with van der Waals surface area (Å²) in [6, 6.07) is 0. The molecule has 0 aromatic carbocycles. The number of imide groups is 1. The summed E-state index contributed by atoms with van der Waals surface area (Å²) in [5, 5.41) is 19.5. The lowest BCUT2D eigenvalue weighted by atomic mass is 10.1. The van der Waals surface area contributed by atoms with Gasteiger partial charge in [0.15, 0.2) is 12.3 Å². The Morgan fingerprint density at radius 3 is 1.73 bits per heavy atom. The van der Waals surface area contributed by atoms with Crippen LogP contribution in [0.25, 0.3) is 0 Å². The van der Waals surface area contributed by atoms with Gasteiger partial charge in [-0.3, -0.25) is 24.1 Å². The number of aliphatic hydroxyl groups excluding tert-OH is 2. The maximum Gasteiger partial charge on any atom is 0.293 e. The first-order valence-corrected chi connectivity index (χ1v) is 6.40. The van der Waals surface area contributed by atoms with E-state index >= 15 is 0 Å². The SMILES string of the molecule is C=CCN(CC=C)C(=O)C(=O)C(O)C(O)N(C(C)=O)C(C)=O. The molecule has 2 N–H and O–H groups in total. The minimum Gasteiger partial charge on any atom is -0.380 e. The highest BCUT2D eigenvalue weighted by Crippen LogP contribution is 2.07. The van der Waals surface area contributed by atoms with Crippen LogP contribution in [0, 0.1) is 0 Å². The van der Waals surface area contributed by atoms with Gasteiger partial charge in [-0.1, -0.05) is 12.2 Å². The predicted molar refractivity (Wildman–Crippen MR) is 77.2 cm³/mol. The van der Waals surface area contributed by atoms with E-state index in [1.807, 2.05) is 0 Å². The van der Waals surface area contributed by atoms with Gasteiger partial charge in [0.25, 0.3) is 11.7 Å². The number of rotatable bonds is 8. The van der Waals surface area contributed by atoms with Crippen molar-refractivity contribution in [2.45, 2.75) is 26.2 Å². The Labute approximate surface area is 128 Å². The molecule has 0 spiro atoms. The van der Waals surface area contributed by atoms with Crippen molar-refractivity contribution in [1.29, 1.82) is 0 Å². The van der Waals surface area contributed by atoms with Crippen molar-refractivity contribution >= 4 is 23.5 Å². The molecule has 0 saturated heterocycles. The van der Waals surface area contributed by atoms with Crippen molar-refractivity contribution < 1.29 is 29.4 Å². The van der Waals surface area contributed by atoms with Crippen LogP contribution >= 0.6 is 0 Å². The van der Waals surface area contributed by atoms with Gasteiger partial charge in [0.1, 0.15) is 0 Å². The zero-order valence-corrected chi connectivity index (χ0v) is 12.6. The molecule has 0 radical (unpaired) electrons. The molecule has 0 aromatic rings. The first kappa shape index (κ1) is 19.7. The average Bonchev–Trinajstić information content (AvgIpc) is 2.43. The fourth-order valence-electron chi connectivity index (χ4n) is 1.71. The summed E-state index contributed by atoms with van der Waals surface area (Å²) in [7, 11) is 0. The number of ketones is 1. The van der Waals surface area contributed by atoms with Gasteiger partial charge >= 0.3 is 0 Å². The molecule has 0 aliphatic heterocycles. The van der Waals surface area contributed by atoms with Crippen LogP contribution < -0.4 is 0 Å². The first-order chi connectivity index (χ1) is 10.2. The van der Waals surface area contributed by atoms with Crippen molar-refractivity contribution in [3.8, 4) is 0 Å². The fourth-order valence-corrected chi connectivity index (χ4v) is 1.71. The summed E-state index contributed by atoms with van der Waals surface area (Å²) in [4.78, 5) is 47.7. The van der Waals surface area contributed by atoms with E-state index in [0.717, 1.165) is 18.7 Å². The van der Waals surface area contributed by atoms with Gasteiger partial charge in [-0.2, -0.15) is 0 Å². The number of carbonyl (C=O) groups excluding carboxylic acids is 4. The summed E-state index contributed by atoms with van der Waals surface area (Å²) in [6.07, 6.45) is -1.64. The van der Waals surface area contributed by atoms with Crippen molar-refractivity contribution in [2.24, 2.45) is 0 Å². The molecule has 3 amide bonds. The largest absolute Gasteiger partial charge is 0.380 e. The number of aliphatic hydroxyl groups is 2. The Hall–Kier alpha value is -2.32. The van der Waals surface area contributed by atoms with E-state index in [1.165, 1.54) is 12.2 Å². The number of nitrogens with zero attached hydrogens (tertiary/aromatic N) is 2. The molecule has 0 bridgehead atoms. The lowest BCUT2D eigenvalue weighted by Gasteiger charge is -2.27. The molecule has 2 atom stereocenters. The van der Waals surface area contributed by atoms with Crippen LogP contribution in [0.15, 0.2) is 25.3 Å². The van der Waals surface area contributed by atoms with Gasteiger partial charge in [-0.05, 0) is 0 Å². The summed E-state index contributed by atoms with van der Waals surface area (Å²) in [5.74, 6) is -4.16. The quantitative estimate of drug-likeness (QED) is 0.331. The molecule has 22 heavy (non-hydrogen) atoms. The molecule has 0 saturated carbocycles. The Kier molecular flexibility index (Phi) is 7.92. The van der Waals surface area contributed by atoms with Gasteiger partial charge in [-0.25, -0.2) is 0 Å². The highest BCUT2D eigenvalue weighted by Gasteiger charge is 2.37. The van der Waals surface area contributed by atoms with Crippen molar-refractivity contribution in [2.75, 3.05) is 13.1 Å². The number of hydrogen-bond donors (Lipinski definition) is 2. The minimum atomic E-state index is -2.24. The van der Waals surface area contributed by atoms with Crippen molar-refractivity contribution in [1.82, 2.24) is 9.80 Å². The monoisotopic (exact) mass is 312 g/mol. The topological polar surface area (TPSA) is 115 Å². The van der Waals surface area contributed by atoms with Crippen molar-refractivity contribution in [3.63, 3.8) is 0 Å². The molecular formula is C14H20N2O6. The van der Waals surface area contributed by atoms with E-state index in [2.05, 4.69) is 13.2 Å². The van der Waals surface area contributed by atoms with E-state index in [1.54, 1.807) is 0 Å². The molecule has 8 heteroatoms. The van der Waals surface area contributed by atoms with Crippen LogP contribution in [0.3, 0.4) is 0 Å². The fraction of sp³-hybridized carbons (Fsp3) is 0.429. The predicted octanol–water partition coefficient (Wildman–Crippen LogP) is -1.17. The van der Waals surface area contributed by atoms with Gasteiger partial charge in [0.2, 0.25) is 11.8 Å². The smallest absolute Gasteiger partial charge is 0.293 e. The lowest BCUT2D eigenvalue weighted by molar-refractivity contribution is -0.168. The summed E-state index contributed by atoms with van der Waals surface area (Å²) in [6.45, 7) is 8.88. The molecular weight excluding hydrogens is 292 g/mol. The van der Waals surface area contributed by atoms with E-state index in [-0.39, 0.29) is 13.1 Å². The van der Waals surface area contributed by atoms with Crippen LogP contribution in [0.4, 0.5) is 0 Å². The first-order valence-electron chi connectivity index (χ1n) is 6.40. The normalized spacial score (nSPS) is 12.7. The Morgan fingerprint density at radius 2 is 1.41 bits per heavy atom. The van der Waals surface area contributed by atoms with Gasteiger partial charge in [0.05, 0.1) is 0 Å². The molecule has 0 aromatic heterocycles. The van der Waals surface area contributed by atoms with Crippen LogP contribution in [0.5, 0.6) is 0 Å². The average molecular weight is 312 g/mol. The van der Waals surface area contributed by atoms with Crippen LogP contribution in [0.2, 0.25) is 0 Å². The van der Waals surface area contributed by atoms with Crippen LogP contribution in [-0.4, -0.2) is 68.9 Å². The number of Topliss-reactive ketones (excluding diaryl/α,β-unsaturated/α-hetero) is 1. The standard InChI is InChI=1S/C14H20N2O6/c1-5-7-15(8-6-2)13(21)11(19)12(20)14(22)16(9(3)17)10(4)18/h5-6,12,14,20,22H,1-2,7-8H2,3-4H3. The molecule has 2 unspecified atom stereocenters. The molecule has 0 heterocycles. The molecule has 0 rings (SSSR count). The third kappa shape index (κ3) is 4.90. The van der Waals surface area contributed by atoms with Crippen molar-refractivity contribution in [3.05, 3.63) is 25.3 Å². The summed E-state index contributed by atoms with van der Waals surface area (Å²) in [5.41, 5.74) is 0. The zero-order valence-electron chi connectivity index (χ0n) is 12.6. The number of carbonyl (C=O) groups is 4. The molecule has 0 aliphatic rings.